The molecular weight excluding hydrogens is 191 g/mol. The van der Waals surface area contributed by atoms with Crippen LogP contribution in [0.5, 0.6) is 0 Å². The second kappa shape index (κ2) is 4.09. The zero-order valence-electron chi connectivity index (χ0n) is 9.04. The minimum Gasteiger partial charge on any atom is -0.395 e. The molecule has 2 N–H and O–H groups in total. The molecule has 0 amide bonds. The van der Waals surface area contributed by atoms with Gasteiger partial charge in [-0.2, -0.15) is 0 Å². The largest absolute Gasteiger partial charge is 0.395 e. The van der Waals surface area contributed by atoms with Crippen molar-refractivity contribution in [3.63, 3.8) is 0 Å². The van der Waals surface area contributed by atoms with Gasteiger partial charge in [0.2, 0.25) is 0 Å². The van der Waals surface area contributed by atoms with Crippen LogP contribution in [0.15, 0.2) is 18.2 Å². The Morgan fingerprint density at radius 1 is 1.33 bits per heavy atom. The summed E-state index contributed by atoms with van der Waals surface area (Å²) >= 11 is 0. The topological polar surface area (TPSA) is 29.3 Å². The first kappa shape index (κ1) is 10.3. The van der Waals surface area contributed by atoms with Gasteiger partial charge in [0.1, 0.15) is 5.82 Å². The molecule has 0 unspecified atom stereocenters. The monoisotopic (exact) mass is 208 g/mol. The summed E-state index contributed by atoms with van der Waals surface area (Å²) in [5.41, 5.74) is 6.83. The Balaban J connectivity index is 2.24. The summed E-state index contributed by atoms with van der Waals surface area (Å²) in [4.78, 5) is 2.12. The zero-order chi connectivity index (χ0) is 10.8. The Bertz CT molecular complexity index is 345. The molecule has 2 nitrogen and oxygen atoms in total. The lowest BCUT2D eigenvalue weighted by Crippen LogP contribution is -2.29. The van der Waals surface area contributed by atoms with E-state index in [0.717, 1.165) is 5.69 Å². The minimum absolute atomic E-state index is 0.270. The van der Waals surface area contributed by atoms with Crippen molar-refractivity contribution in [3.05, 3.63) is 24.0 Å². The van der Waals surface area contributed by atoms with Gasteiger partial charge >= 0.3 is 0 Å². The average Bonchev–Trinajstić information content (AvgIpc) is 2.74. The molecule has 0 saturated heterocycles. The highest BCUT2D eigenvalue weighted by molar-refractivity contribution is 5.68. The van der Waals surface area contributed by atoms with Gasteiger partial charge in [0, 0.05) is 13.1 Å². The van der Waals surface area contributed by atoms with Crippen molar-refractivity contribution in [1.82, 2.24) is 0 Å². The number of benzene rings is 1. The lowest BCUT2D eigenvalue weighted by Gasteiger charge is -2.27. The Morgan fingerprint density at radius 3 is 2.67 bits per heavy atom. The fourth-order valence-corrected chi connectivity index (χ4v) is 2.32. The van der Waals surface area contributed by atoms with Crippen LogP contribution >= 0.6 is 0 Å². The Kier molecular flexibility index (Phi) is 2.80. The maximum Gasteiger partial charge on any atom is 0.148 e. The van der Waals surface area contributed by atoms with E-state index in [1.807, 2.05) is 13.1 Å². The molecule has 15 heavy (non-hydrogen) atoms. The summed E-state index contributed by atoms with van der Waals surface area (Å²) in [5, 5.41) is 0. The molecule has 0 heterocycles. The predicted octanol–water partition coefficient (Wildman–Crippen LogP) is 2.79. The molecule has 3 heteroatoms. The number of hydrogen-bond donors (Lipinski definition) is 1. The van der Waals surface area contributed by atoms with Crippen LogP contribution in [0, 0.1) is 5.82 Å². The highest BCUT2D eigenvalue weighted by atomic mass is 19.1. The molecule has 0 atom stereocenters. The SMILES string of the molecule is CN(c1cccc(F)c1N)C1CCCC1. The highest BCUT2D eigenvalue weighted by Gasteiger charge is 2.21. The van der Waals surface area contributed by atoms with E-state index in [9.17, 15) is 4.39 Å². The van der Waals surface area contributed by atoms with Crippen molar-refractivity contribution < 1.29 is 4.39 Å². The maximum absolute atomic E-state index is 13.3. The smallest absolute Gasteiger partial charge is 0.148 e. The molecule has 0 aromatic heterocycles. The average molecular weight is 208 g/mol. The standard InChI is InChI=1S/C12H17FN2/c1-15(9-5-2-3-6-9)11-8-4-7-10(13)12(11)14/h4,7-9H,2-3,5-6,14H2,1H3. The van der Waals surface area contributed by atoms with Crippen LogP contribution in [-0.2, 0) is 0 Å². The number of nitrogen functional groups attached to an aromatic ring is 1. The van der Waals surface area contributed by atoms with Gasteiger partial charge in [-0.1, -0.05) is 18.9 Å². The normalized spacial score (nSPS) is 16.9. The Morgan fingerprint density at radius 2 is 2.00 bits per heavy atom. The van der Waals surface area contributed by atoms with Crippen LogP contribution in [0.25, 0.3) is 0 Å². The summed E-state index contributed by atoms with van der Waals surface area (Å²) in [6.45, 7) is 0. The van der Waals surface area contributed by atoms with Crippen molar-refractivity contribution >= 4 is 11.4 Å². The second-order valence-corrected chi connectivity index (χ2v) is 4.22. The summed E-state index contributed by atoms with van der Waals surface area (Å²) in [6.07, 6.45) is 4.91. The van der Waals surface area contributed by atoms with E-state index in [1.165, 1.54) is 31.7 Å². The quantitative estimate of drug-likeness (QED) is 0.757. The number of rotatable bonds is 2. The van der Waals surface area contributed by atoms with Gasteiger partial charge in [-0.25, -0.2) is 4.39 Å². The molecule has 1 aliphatic carbocycles. The van der Waals surface area contributed by atoms with E-state index < -0.39 is 0 Å². The number of nitrogens with zero attached hydrogens (tertiary/aromatic N) is 1. The van der Waals surface area contributed by atoms with E-state index in [4.69, 9.17) is 5.73 Å². The van der Waals surface area contributed by atoms with E-state index >= 15 is 0 Å². The molecule has 1 saturated carbocycles. The molecule has 0 radical (unpaired) electrons. The summed E-state index contributed by atoms with van der Waals surface area (Å²) in [5.74, 6) is -0.322. The Labute approximate surface area is 89.9 Å². The number of hydrogen-bond acceptors (Lipinski definition) is 2. The summed E-state index contributed by atoms with van der Waals surface area (Å²) < 4.78 is 13.3. The first-order valence-electron chi connectivity index (χ1n) is 5.47. The zero-order valence-corrected chi connectivity index (χ0v) is 9.04. The van der Waals surface area contributed by atoms with Crippen molar-refractivity contribution in [3.8, 4) is 0 Å². The number of anilines is 2. The molecule has 1 aliphatic rings. The lowest BCUT2D eigenvalue weighted by molar-refractivity contribution is 0.625. The second-order valence-electron chi connectivity index (χ2n) is 4.22. The van der Waals surface area contributed by atoms with Crippen LogP contribution in [0.3, 0.4) is 0 Å². The lowest BCUT2D eigenvalue weighted by atomic mass is 10.1. The number of para-hydroxylation sites is 1. The van der Waals surface area contributed by atoms with Gasteiger partial charge in [-0.05, 0) is 25.0 Å². The highest BCUT2D eigenvalue weighted by Crippen LogP contribution is 2.31. The third-order valence-electron chi connectivity index (χ3n) is 3.28. The van der Waals surface area contributed by atoms with Gasteiger partial charge in [-0.3, -0.25) is 0 Å². The van der Waals surface area contributed by atoms with Crippen LogP contribution in [0.2, 0.25) is 0 Å². The molecule has 0 spiro atoms. The van der Waals surface area contributed by atoms with Crippen LogP contribution < -0.4 is 10.6 Å². The van der Waals surface area contributed by atoms with Crippen molar-refractivity contribution in [2.45, 2.75) is 31.7 Å². The van der Waals surface area contributed by atoms with E-state index in [-0.39, 0.29) is 11.5 Å². The molecule has 82 valence electrons. The fraction of sp³-hybridized carbons (Fsp3) is 0.500. The van der Waals surface area contributed by atoms with Gasteiger partial charge in [0.05, 0.1) is 11.4 Å². The van der Waals surface area contributed by atoms with Crippen molar-refractivity contribution in [2.75, 3.05) is 17.7 Å². The maximum atomic E-state index is 13.3. The van der Waals surface area contributed by atoms with Crippen molar-refractivity contribution in [2.24, 2.45) is 0 Å². The minimum atomic E-state index is -0.322. The van der Waals surface area contributed by atoms with Gasteiger partial charge in [0.25, 0.3) is 0 Å². The van der Waals surface area contributed by atoms with E-state index in [0.29, 0.717) is 6.04 Å². The predicted molar refractivity (Wildman–Crippen MR) is 61.5 cm³/mol. The summed E-state index contributed by atoms with van der Waals surface area (Å²) in [6, 6.07) is 5.53. The van der Waals surface area contributed by atoms with Crippen LogP contribution in [0.4, 0.5) is 15.8 Å². The fourth-order valence-electron chi connectivity index (χ4n) is 2.32. The number of nitrogens with two attached hydrogens (primary N) is 1. The van der Waals surface area contributed by atoms with Gasteiger partial charge in [0.15, 0.2) is 0 Å². The number of halogens is 1. The first-order chi connectivity index (χ1) is 7.20. The molecule has 1 aromatic rings. The van der Waals surface area contributed by atoms with Crippen molar-refractivity contribution in [1.29, 1.82) is 0 Å². The van der Waals surface area contributed by atoms with Crippen LogP contribution in [-0.4, -0.2) is 13.1 Å². The summed E-state index contributed by atoms with van der Waals surface area (Å²) in [7, 11) is 2.00. The third-order valence-corrected chi connectivity index (χ3v) is 3.28. The third kappa shape index (κ3) is 1.91. The van der Waals surface area contributed by atoms with E-state index in [2.05, 4.69) is 4.90 Å². The molecule has 2 rings (SSSR count). The van der Waals surface area contributed by atoms with Crippen LogP contribution in [0.1, 0.15) is 25.7 Å². The molecule has 1 fully saturated rings. The molecule has 0 aliphatic heterocycles. The van der Waals surface area contributed by atoms with E-state index in [1.54, 1.807) is 6.07 Å². The van der Waals surface area contributed by atoms with Gasteiger partial charge < -0.3 is 10.6 Å². The Hall–Kier alpha value is -1.25. The molecular formula is C12H17FN2. The molecule has 0 bridgehead atoms. The first-order valence-corrected chi connectivity index (χ1v) is 5.47. The molecule has 1 aromatic carbocycles. The van der Waals surface area contributed by atoms with Gasteiger partial charge in [-0.15, -0.1) is 0 Å².